The highest BCUT2D eigenvalue weighted by Crippen LogP contribution is 2.47. The maximum Gasteiger partial charge on any atom is 0.133 e. The molecular weight excluding hydrogens is 212 g/mol. The second kappa shape index (κ2) is 4.45. The van der Waals surface area contributed by atoms with E-state index in [0.29, 0.717) is 17.0 Å². The number of rotatable bonds is 4. The van der Waals surface area contributed by atoms with E-state index >= 15 is 0 Å². The number of halogens is 1. The zero-order valence-electron chi connectivity index (χ0n) is 9.03. The van der Waals surface area contributed by atoms with E-state index in [0.717, 1.165) is 31.2 Å². The van der Waals surface area contributed by atoms with E-state index in [9.17, 15) is 0 Å². The summed E-state index contributed by atoms with van der Waals surface area (Å²) in [6.07, 6.45) is 1.16. The fourth-order valence-corrected chi connectivity index (χ4v) is 2.04. The average molecular weight is 227 g/mol. The smallest absolute Gasteiger partial charge is 0.133 e. The van der Waals surface area contributed by atoms with Crippen LogP contribution >= 0.6 is 11.6 Å². The molecule has 1 aliphatic rings. The molecule has 0 radical (unpaired) electrons. The Hall–Kier alpha value is -0.670. The predicted octanol–water partition coefficient (Wildman–Crippen LogP) is 2.58. The molecule has 2 rings (SSSR count). The van der Waals surface area contributed by atoms with E-state index in [1.807, 2.05) is 19.9 Å². The monoisotopic (exact) mass is 226 g/mol. The van der Waals surface area contributed by atoms with Crippen molar-refractivity contribution in [1.29, 1.82) is 0 Å². The first-order valence-corrected chi connectivity index (χ1v) is 5.67. The van der Waals surface area contributed by atoms with Crippen molar-refractivity contribution in [3.63, 3.8) is 0 Å². The van der Waals surface area contributed by atoms with Gasteiger partial charge in [0.05, 0.1) is 6.61 Å². The van der Waals surface area contributed by atoms with Gasteiger partial charge < -0.3 is 4.74 Å². The van der Waals surface area contributed by atoms with Crippen molar-refractivity contribution in [3.8, 4) is 0 Å². The second-order valence-electron chi connectivity index (χ2n) is 3.92. The van der Waals surface area contributed by atoms with Crippen LogP contribution in [0.15, 0.2) is 6.07 Å². The molecule has 0 amide bonds. The van der Waals surface area contributed by atoms with Gasteiger partial charge in [-0.1, -0.05) is 11.6 Å². The summed E-state index contributed by atoms with van der Waals surface area (Å²) >= 11 is 5.89. The van der Waals surface area contributed by atoms with Crippen LogP contribution in [-0.4, -0.2) is 23.2 Å². The quantitative estimate of drug-likeness (QED) is 0.741. The third-order valence-electron chi connectivity index (χ3n) is 2.67. The third-order valence-corrected chi connectivity index (χ3v) is 2.86. The third kappa shape index (κ3) is 2.67. The van der Waals surface area contributed by atoms with Gasteiger partial charge in [0.15, 0.2) is 0 Å². The highest BCUT2D eigenvalue weighted by Gasteiger charge is 2.39. The van der Waals surface area contributed by atoms with Crippen molar-refractivity contribution in [3.05, 3.63) is 22.7 Å². The van der Waals surface area contributed by atoms with Crippen molar-refractivity contribution in [2.24, 2.45) is 5.92 Å². The Morgan fingerprint density at radius 3 is 3.00 bits per heavy atom. The molecule has 1 aromatic heterocycles. The van der Waals surface area contributed by atoms with Crippen LogP contribution in [0.4, 0.5) is 0 Å². The zero-order valence-corrected chi connectivity index (χ0v) is 9.79. The Morgan fingerprint density at radius 1 is 1.53 bits per heavy atom. The lowest BCUT2D eigenvalue weighted by Gasteiger charge is -2.02. The van der Waals surface area contributed by atoms with Crippen LogP contribution in [0.3, 0.4) is 0 Å². The van der Waals surface area contributed by atoms with Crippen LogP contribution in [0.5, 0.6) is 0 Å². The molecule has 3 nitrogen and oxygen atoms in total. The number of aryl methyl sites for hydroxylation is 1. The van der Waals surface area contributed by atoms with Crippen LogP contribution in [0, 0.1) is 12.8 Å². The Bertz CT molecular complexity index is 336. The van der Waals surface area contributed by atoms with E-state index < -0.39 is 0 Å². The predicted molar refractivity (Wildman–Crippen MR) is 59.1 cm³/mol. The van der Waals surface area contributed by atoms with E-state index in [4.69, 9.17) is 16.3 Å². The molecule has 2 unspecified atom stereocenters. The summed E-state index contributed by atoms with van der Waals surface area (Å²) in [6, 6.07) is 1.87. The van der Waals surface area contributed by atoms with Gasteiger partial charge >= 0.3 is 0 Å². The fourth-order valence-electron chi connectivity index (χ4n) is 1.81. The first-order chi connectivity index (χ1) is 7.20. The number of ether oxygens (including phenoxy) is 1. The van der Waals surface area contributed by atoms with Gasteiger partial charge in [0.2, 0.25) is 0 Å². The highest BCUT2D eigenvalue weighted by atomic mass is 35.5. The normalized spacial score (nSPS) is 24.2. The standard InChI is InChI=1S/C11H15ClN2O/c1-3-15-6-8-4-9(8)10-5-11(12)14-7(2)13-10/h5,8-9H,3-4,6H2,1-2H3. The van der Waals surface area contributed by atoms with Gasteiger partial charge in [0.1, 0.15) is 11.0 Å². The van der Waals surface area contributed by atoms with Gasteiger partial charge in [0, 0.05) is 18.2 Å². The summed E-state index contributed by atoms with van der Waals surface area (Å²) in [5.41, 5.74) is 1.07. The molecule has 82 valence electrons. The topological polar surface area (TPSA) is 35.0 Å². The summed E-state index contributed by atoms with van der Waals surface area (Å²) in [7, 11) is 0. The summed E-state index contributed by atoms with van der Waals surface area (Å²) in [6.45, 7) is 5.51. The molecule has 1 aliphatic carbocycles. The minimum absolute atomic E-state index is 0.524. The molecule has 0 bridgehead atoms. The lowest BCUT2D eigenvalue weighted by molar-refractivity contribution is 0.135. The SMILES string of the molecule is CCOCC1CC1c1cc(Cl)nc(C)n1. The summed E-state index contributed by atoms with van der Waals surface area (Å²) in [5.74, 6) is 1.89. The number of nitrogens with zero attached hydrogens (tertiary/aromatic N) is 2. The summed E-state index contributed by atoms with van der Waals surface area (Å²) in [4.78, 5) is 8.46. The van der Waals surface area contributed by atoms with Gasteiger partial charge in [-0.05, 0) is 32.3 Å². The zero-order chi connectivity index (χ0) is 10.8. The van der Waals surface area contributed by atoms with Crippen LogP contribution in [0.25, 0.3) is 0 Å². The molecule has 1 saturated carbocycles. The Labute approximate surface area is 94.8 Å². The minimum atomic E-state index is 0.524. The molecule has 0 saturated heterocycles. The molecule has 1 heterocycles. The molecular formula is C11H15ClN2O. The molecule has 1 aromatic rings. The number of hydrogen-bond donors (Lipinski definition) is 0. The average Bonchev–Trinajstić information content (AvgIpc) is 2.92. The van der Waals surface area contributed by atoms with Gasteiger partial charge in [0.25, 0.3) is 0 Å². The first kappa shape index (κ1) is 10.8. The molecule has 2 atom stereocenters. The lowest BCUT2D eigenvalue weighted by Crippen LogP contribution is -1.99. The van der Waals surface area contributed by atoms with Gasteiger partial charge in [-0.15, -0.1) is 0 Å². The van der Waals surface area contributed by atoms with Gasteiger partial charge in [-0.2, -0.15) is 0 Å². The maximum atomic E-state index is 5.89. The van der Waals surface area contributed by atoms with Crippen molar-refractivity contribution in [1.82, 2.24) is 9.97 Å². The lowest BCUT2D eigenvalue weighted by atomic mass is 10.2. The van der Waals surface area contributed by atoms with E-state index in [1.54, 1.807) is 0 Å². The van der Waals surface area contributed by atoms with Crippen LogP contribution in [-0.2, 0) is 4.74 Å². The number of aromatic nitrogens is 2. The first-order valence-electron chi connectivity index (χ1n) is 5.29. The van der Waals surface area contributed by atoms with Crippen LogP contribution in [0.1, 0.15) is 30.8 Å². The summed E-state index contributed by atoms with van der Waals surface area (Å²) < 4.78 is 5.39. The van der Waals surface area contributed by atoms with E-state index in [2.05, 4.69) is 9.97 Å². The van der Waals surface area contributed by atoms with Crippen LogP contribution < -0.4 is 0 Å². The van der Waals surface area contributed by atoms with Gasteiger partial charge in [-0.25, -0.2) is 9.97 Å². The summed E-state index contributed by atoms with van der Waals surface area (Å²) in [5, 5.41) is 0.541. The molecule has 0 aromatic carbocycles. The number of hydrogen-bond acceptors (Lipinski definition) is 3. The molecule has 15 heavy (non-hydrogen) atoms. The molecule has 0 spiro atoms. The van der Waals surface area contributed by atoms with Crippen molar-refractivity contribution >= 4 is 11.6 Å². The largest absolute Gasteiger partial charge is 0.381 e. The van der Waals surface area contributed by atoms with Gasteiger partial charge in [-0.3, -0.25) is 0 Å². The molecule has 0 aliphatic heterocycles. The minimum Gasteiger partial charge on any atom is -0.381 e. The maximum absolute atomic E-state index is 5.89. The second-order valence-corrected chi connectivity index (χ2v) is 4.31. The van der Waals surface area contributed by atoms with E-state index in [-0.39, 0.29) is 0 Å². The molecule has 1 fully saturated rings. The fraction of sp³-hybridized carbons (Fsp3) is 0.636. The Kier molecular flexibility index (Phi) is 3.22. The van der Waals surface area contributed by atoms with Crippen molar-refractivity contribution in [2.75, 3.05) is 13.2 Å². The molecule has 0 N–H and O–H groups in total. The Balaban J connectivity index is 2.00. The molecule has 4 heteroatoms. The van der Waals surface area contributed by atoms with Crippen molar-refractivity contribution < 1.29 is 4.74 Å². The Morgan fingerprint density at radius 2 is 2.33 bits per heavy atom. The van der Waals surface area contributed by atoms with Crippen molar-refractivity contribution in [2.45, 2.75) is 26.2 Å². The van der Waals surface area contributed by atoms with Crippen LogP contribution in [0.2, 0.25) is 5.15 Å². The highest BCUT2D eigenvalue weighted by molar-refractivity contribution is 6.29. The van der Waals surface area contributed by atoms with E-state index in [1.165, 1.54) is 0 Å².